The van der Waals surface area contributed by atoms with E-state index in [1.165, 1.54) is 0 Å². The summed E-state index contributed by atoms with van der Waals surface area (Å²) in [6.07, 6.45) is 0. The normalized spacial score (nSPS) is 16.4. The second-order valence-corrected chi connectivity index (χ2v) is 4.05. The molecule has 1 saturated heterocycles. The Labute approximate surface area is 105 Å². The van der Waals surface area contributed by atoms with Crippen LogP contribution >= 0.6 is 0 Å². The summed E-state index contributed by atoms with van der Waals surface area (Å²) in [5, 5.41) is 10.2. The molecule has 18 heavy (non-hydrogen) atoms. The summed E-state index contributed by atoms with van der Waals surface area (Å²) in [5.41, 5.74) is 5.68. The van der Waals surface area contributed by atoms with Crippen LogP contribution in [0.25, 0.3) is 0 Å². The van der Waals surface area contributed by atoms with Crippen LogP contribution in [0.1, 0.15) is 10.5 Å². The summed E-state index contributed by atoms with van der Waals surface area (Å²) >= 11 is 0. The van der Waals surface area contributed by atoms with Crippen LogP contribution in [0.2, 0.25) is 0 Å². The van der Waals surface area contributed by atoms with Gasteiger partial charge in [0.15, 0.2) is 5.69 Å². The first kappa shape index (κ1) is 12.7. The lowest BCUT2D eigenvalue weighted by Crippen LogP contribution is -2.41. The number of ether oxygens (including phenoxy) is 1. The Hall–Kier alpha value is -1.73. The number of carbonyl (C=O) groups is 1. The Balaban J connectivity index is 1.72. The first-order valence-corrected chi connectivity index (χ1v) is 5.93. The molecule has 0 atom stereocenters. The molecule has 1 aliphatic heterocycles. The maximum Gasteiger partial charge on any atom is 0.271 e. The number of hydrogen-bond acceptors (Lipinski definition) is 6. The summed E-state index contributed by atoms with van der Waals surface area (Å²) in [6.45, 7) is 4.76. The van der Waals surface area contributed by atoms with Gasteiger partial charge in [-0.3, -0.25) is 9.69 Å². The van der Waals surface area contributed by atoms with Crippen molar-refractivity contribution in [3.63, 3.8) is 0 Å². The molecule has 0 aliphatic carbocycles. The van der Waals surface area contributed by atoms with Crippen molar-refractivity contribution in [2.75, 3.05) is 45.1 Å². The highest BCUT2D eigenvalue weighted by atomic mass is 16.5. The van der Waals surface area contributed by atoms with Crippen molar-refractivity contribution in [2.24, 2.45) is 0 Å². The first-order valence-electron chi connectivity index (χ1n) is 5.93. The van der Waals surface area contributed by atoms with E-state index in [2.05, 4.69) is 20.4 Å². The fourth-order valence-electron chi connectivity index (χ4n) is 1.71. The van der Waals surface area contributed by atoms with Crippen LogP contribution in [-0.4, -0.2) is 60.4 Å². The molecule has 0 aromatic carbocycles. The fourth-order valence-corrected chi connectivity index (χ4v) is 1.71. The lowest BCUT2D eigenvalue weighted by atomic mass is 10.3. The minimum atomic E-state index is -0.226. The van der Waals surface area contributed by atoms with Gasteiger partial charge in [-0.05, 0) is 12.1 Å². The summed E-state index contributed by atoms with van der Waals surface area (Å²) in [5.74, 6) is 0.0793. The SMILES string of the molecule is Nc1ccc(C(=O)NCCN2CCOCC2)nn1. The standard InChI is InChI=1S/C11H17N5O2/c12-10-2-1-9(14-15-10)11(17)13-3-4-16-5-7-18-8-6-16/h1-2H,3-8H2,(H2,12,15)(H,13,17). The number of nitrogens with two attached hydrogens (primary N) is 1. The lowest BCUT2D eigenvalue weighted by Gasteiger charge is -2.26. The van der Waals surface area contributed by atoms with Gasteiger partial charge in [0.05, 0.1) is 13.2 Å². The third kappa shape index (κ3) is 3.64. The van der Waals surface area contributed by atoms with E-state index in [0.717, 1.165) is 32.8 Å². The molecule has 0 saturated carbocycles. The summed E-state index contributed by atoms with van der Waals surface area (Å²) in [4.78, 5) is 13.9. The zero-order valence-corrected chi connectivity index (χ0v) is 10.1. The Morgan fingerprint density at radius 1 is 1.39 bits per heavy atom. The number of carbonyl (C=O) groups excluding carboxylic acids is 1. The van der Waals surface area contributed by atoms with Gasteiger partial charge in [0.25, 0.3) is 5.91 Å². The minimum Gasteiger partial charge on any atom is -0.382 e. The Morgan fingerprint density at radius 2 is 2.17 bits per heavy atom. The number of anilines is 1. The third-order valence-corrected chi connectivity index (χ3v) is 2.74. The van der Waals surface area contributed by atoms with E-state index >= 15 is 0 Å². The van der Waals surface area contributed by atoms with Crippen LogP contribution in [0.3, 0.4) is 0 Å². The van der Waals surface area contributed by atoms with Crippen LogP contribution in [0.4, 0.5) is 5.82 Å². The van der Waals surface area contributed by atoms with Gasteiger partial charge in [0, 0.05) is 26.2 Å². The van der Waals surface area contributed by atoms with Gasteiger partial charge in [-0.25, -0.2) is 0 Å². The highest BCUT2D eigenvalue weighted by Crippen LogP contribution is 1.97. The molecule has 3 N–H and O–H groups in total. The van der Waals surface area contributed by atoms with E-state index < -0.39 is 0 Å². The van der Waals surface area contributed by atoms with Crippen molar-refractivity contribution in [1.82, 2.24) is 20.4 Å². The highest BCUT2D eigenvalue weighted by Gasteiger charge is 2.11. The molecule has 0 radical (unpaired) electrons. The van der Waals surface area contributed by atoms with E-state index in [1.807, 2.05) is 0 Å². The van der Waals surface area contributed by atoms with Gasteiger partial charge in [0.2, 0.25) is 0 Å². The lowest BCUT2D eigenvalue weighted by molar-refractivity contribution is 0.0383. The number of morpholine rings is 1. The number of nitrogens with zero attached hydrogens (tertiary/aromatic N) is 3. The van der Waals surface area contributed by atoms with Crippen LogP contribution in [0.5, 0.6) is 0 Å². The van der Waals surface area contributed by atoms with Crippen molar-refractivity contribution in [3.8, 4) is 0 Å². The van der Waals surface area contributed by atoms with Crippen LogP contribution in [0.15, 0.2) is 12.1 Å². The topological polar surface area (TPSA) is 93.4 Å². The van der Waals surface area contributed by atoms with Crippen molar-refractivity contribution in [1.29, 1.82) is 0 Å². The van der Waals surface area contributed by atoms with Crippen molar-refractivity contribution < 1.29 is 9.53 Å². The van der Waals surface area contributed by atoms with E-state index in [9.17, 15) is 4.79 Å². The number of nitrogens with one attached hydrogen (secondary N) is 1. The minimum absolute atomic E-state index is 0.226. The maximum atomic E-state index is 11.7. The summed E-state index contributed by atoms with van der Waals surface area (Å²) < 4.78 is 5.25. The highest BCUT2D eigenvalue weighted by molar-refractivity contribution is 5.92. The average Bonchev–Trinajstić information content (AvgIpc) is 2.40. The van der Waals surface area contributed by atoms with E-state index in [1.54, 1.807) is 12.1 Å². The predicted octanol–water partition coefficient (Wildman–Crippen LogP) is -0.879. The number of aromatic nitrogens is 2. The molecular weight excluding hydrogens is 234 g/mol. The van der Waals surface area contributed by atoms with Gasteiger partial charge in [-0.2, -0.15) is 0 Å². The van der Waals surface area contributed by atoms with Crippen molar-refractivity contribution in [2.45, 2.75) is 0 Å². The quantitative estimate of drug-likeness (QED) is 0.722. The molecule has 0 unspecified atom stereocenters. The zero-order valence-electron chi connectivity index (χ0n) is 10.1. The smallest absolute Gasteiger partial charge is 0.271 e. The fraction of sp³-hybridized carbons (Fsp3) is 0.545. The molecule has 1 aromatic rings. The Bertz CT molecular complexity index is 389. The number of rotatable bonds is 4. The summed E-state index contributed by atoms with van der Waals surface area (Å²) in [7, 11) is 0. The van der Waals surface area contributed by atoms with Crippen LogP contribution in [0, 0.1) is 0 Å². The maximum absolute atomic E-state index is 11.7. The van der Waals surface area contributed by atoms with E-state index in [4.69, 9.17) is 10.5 Å². The number of hydrogen-bond donors (Lipinski definition) is 2. The average molecular weight is 251 g/mol. The zero-order chi connectivity index (χ0) is 12.8. The van der Waals surface area contributed by atoms with Gasteiger partial charge in [-0.1, -0.05) is 0 Å². The molecular formula is C11H17N5O2. The Morgan fingerprint density at radius 3 is 2.83 bits per heavy atom. The van der Waals surface area contributed by atoms with Crippen LogP contribution in [-0.2, 0) is 4.74 Å². The molecule has 0 spiro atoms. The monoisotopic (exact) mass is 251 g/mol. The molecule has 1 fully saturated rings. The van der Waals surface area contributed by atoms with E-state index in [0.29, 0.717) is 12.4 Å². The second kappa shape index (κ2) is 6.27. The van der Waals surface area contributed by atoms with Gasteiger partial charge >= 0.3 is 0 Å². The molecule has 7 heteroatoms. The molecule has 2 heterocycles. The van der Waals surface area contributed by atoms with Crippen molar-refractivity contribution >= 4 is 11.7 Å². The number of nitrogen functional groups attached to an aromatic ring is 1. The van der Waals surface area contributed by atoms with Gasteiger partial charge < -0.3 is 15.8 Å². The van der Waals surface area contributed by atoms with Gasteiger partial charge in [0.1, 0.15) is 5.82 Å². The Kier molecular flexibility index (Phi) is 4.43. The molecule has 7 nitrogen and oxygen atoms in total. The molecule has 0 bridgehead atoms. The molecule has 2 rings (SSSR count). The molecule has 1 aliphatic rings. The number of amides is 1. The van der Waals surface area contributed by atoms with Crippen molar-refractivity contribution in [3.05, 3.63) is 17.8 Å². The van der Waals surface area contributed by atoms with Gasteiger partial charge in [-0.15, -0.1) is 10.2 Å². The third-order valence-electron chi connectivity index (χ3n) is 2.74. The molecule has 1 amide bonds. The van der Waals surface area contributed by atoms with E-state index in [-0.39, 0.29) is 11.6 Å². The molecule has 1 aromatic heterocycles. The summed E-state index contributed by atoms with van der Waals surface area (Å²) in [6, 6.07) is 3.12. The predicted molar refractivity (Wildman–Crippen MR) is 66.0 cm³/mol. The first-order chi connectivity index (χ1) is 8.75. The van der Waals surface area contributed by atoms with Crippen LogP contribution < -0.4 is 11.1 Å². The second-order valence-electron chi connectivity index (χ2n) is 4.05. The largest absolute Gasteiger partial charge is 0.382 e. The molecule has 98 valence electrons.